The largest absolute Gasteiger partial charge is 0.437 e. The van der Waals surface area contributed by atoms with Gasteiger partial charge in [-0.05, 0) is 23.3 Å². The zero-order valence-corrected chi connectivity index (χ0v) is 16.8. The Bertz CT molecular complexity index is 1360. The van der Waals surface area contributed by atoms with Crippen LogP contribution in [-0.4, -0.2) is 19.1 Å². The van der Waals surface area contributed by atoms with Crippen LogP contribution >= 0.6 is 0 Å². The van der Waals surface area contributed by atoms with E-state index in [4.69, 9.17) is 4.74 Å². The van der Waals surface area contributed by atoms with E-state index < -0.39 is 0 Å². The molecule has 0 unspecified atom stereocenters. The predicted octanol–water partition coefficient (Wildman–Crippen LogP) is 4.48. The maximum absolute atomic E-state index is 13.5. The van der Waals surface area contributed by atoms with Gasteiger partial charge < -0.3 is 4.74 Å². The van der Waals surface area contributed by atoms with Gasteiger partial charge in [-0.15, -0.1) is 0 Å². The maximum Gasteiger partial charge on any atom is 0.331 e. The van der Waals surface area contributed by atoms with Crippen LogP contribution < -0.4 is 10.4 Å². The van der Waals surface area contributed by atoms with Crippen molar-refractivity contribution in [1.29, 1.82) is 0 Å². The number of ether oxygens (including phenoxy) is 1. The number of rotatable bonds is 6. The van der Waals surface area contributed by atoms with Gasteiger partial charge in [0.2, 0.25) is 5.88 Å². The monoisotopic (exact) mass is 408 g/mol. The Morgan fingerprint density at radius 1 is 0.677 bits per heavy atom. The topological polar surface area (TPSA) is 61.9 Å². The van der Waals surface area contributed by atoms with E-state index in [2.05, 4.69) is 9.97 Å². The van der Waals surface area contributed by atoms with Gasteiger partial charge in [0.25, 0.3) is 0 Å². The Morgan fingerprint density at radius 2 is 1.23 bits per heavy atom. The maximum atomic E-state index is 13.5. The lowest BCUT2D eigenvalue weighted by atomic mass is 10.2. The van der Waals surface area contributed by atoms with Gasteiger partial charge in [0.15, 0.2) is 11.2 Å². The molecular formula is C25H20N4O2. The first-order valence-corrected chi connectivity index (χ1v) is 10.0. The highest BCUT2D eigenvalue weighted by molar-refractivity contribution is 5.77. The summed E-state index contributed by atoms with van der Waals surface area (Å²) in [6.45, 7) is 0.816. The molecule has 6 heteroatoms. The Kier molecular flexibility index (Phi) is 5.02. The zero-order chi connectivity index (χ0) is 21.0. The third-order valence-corrected chi connectivity index (χ3v) is 5.08. The summed E-state index contributed by atoms with van der Waals surface area (Å²) >= 11 is 0. The van der Waals surface area contributed by atoms with E-state index in [9.17, 15) is 4.79 Å². The standard InChI is InChI=1S/C25H20N4O2/c30-25-28(16-19-10-4-1-5-11-19)22-23(29(25)17-20-12-6-2-7-13-20)26-18-27-24(22)31-21-14-8-3-9-15-21/h1-15,18H,16-17H2. The van der Waals surface area contributed by atoms with Crippen LogP contribution in [0.2, 0.25) is 0 Å². The summed E-state index contributed by atoms with van der Waals surface area (Å²) in [5.74, 6) is 1.01. The highest BCUT2D eigenvalue weighted by Crippen LogP contribution is 2.27. The van der Waals surface area contributed by atoms with E-state index in [1.165, 1.54) is 6.33 Å². The lowest BCUT2D eigenvalue weighted by Gasteiger charge is -2.08. The summed E-state index contributed by atoms with van der Waals surface area (Å²) in [7, 11) is 0. The summed E-state index contributed by atoms with van der Waals surface area (Å²) in [4.78, 5) is 22.3. The van der Waals surface area contributed by atoms with Crippen LogP contribution in [0.25, 0.3) is 11.2 Å². The number of hydrogen-bond donors (Lipinski definition) is 0. The van der Waals surface area contributed by atoms with Crippen molar-refractivity contribution in [3.8, 4) is 11.6 Å². The van der Waals surface area contributed by atoms with Gasteiger partial charge in [-0.25, -0.2) is 9.78 Å². The molecule has 0 spiro atoms. The molecule has 5 aromatic rings. The number of aromatic nitrogens is 4. The second-order valence-corrected chi connectivity index (χ2v) is 7.19. The fourth-order valence-electron chi connectivity index (χ4n) is 3.62. The Hall–Kier alpha value is -4.19. The highest BCUT2D eigenvalue weighted by Gasteiger charge is 2.20. The minimum absolute atomic E-state index is 0.152. The third-order valence-electron chi connectivity index (χ3n) is 5.08. The molecular weight excluding hydrogens is 388 g/mol. The van der Waals surface area contributed by atoms with Crippen LogP contribution in [0, 0.1) is 0 Å². The van der Waals surface area contributed by atoms with Crippen molar-refractivity contribution >= 4 is 11.2 Å². The summed E-state index contributed by atoms with van der Waals surface area (Å²) in [5.41, 5.74) is 3.01. The molecule has 0 aliphatic rings. The van der Waals surface area contributed by atoms with Gasteiger partial charge in [-0.1, -0.05) is 78.9 Å². The molecule has 0 aliphatic carbocycles. The number of imidazole rings is 1. The third kappa shape index (κ3) is 3.83. The van der Waals surface area contributed by atoms with E-state index in [1.807, 2.05) is 91.0 Å². The smallest absolute Gasteiger partial charge is 0.331 e. The first-order chi connectivity index (χ1) is 15.3. The van der Waals surface area contributed by atoms with Crippen LogP contribution in [0.3, 0.4) is 0 Å². The molecule has 2 heterocycles. The molecule has 31 heavy (non-hydrogen) atoms. The summed E-state index contributed by atoms with van der Waals surface area (Å²) in [6.07, 6.45) is 1.44. The lowest BCUT2D eigenvalue weighted by Crippen LogP contribution is -2.25. The SMILES string of the molecule is O=c1n(Cc2ccccc2)c2ncnc(Oc3ccccc3)c2n1Cc1ccccc1. The number of hydrogen-bond acceptors (Lipinski definition) is 4. The average molecular weight is 408 g/mol. The van der Waals surface area contributed by atoms with Gasteiger partial charge in [0.1, 0.15) is 12.1 Å². The van der Waals surface area contributed by atoms with E-state index in [0.29, 0.717) is 35.9 Å². The summed E-state index contributed by atoms with van der Waals surface area (Å²) < 4.78 is 9.42. The normalized spacial score (nSPS) is 11.0. The number of fused-ring (bicyclic) bond motifs is 1. The van der Waals surface area contributed by atoms with Crippen molar-refractivity contribution in [3.63, 3.8) is 0 Å². The molecule has 5 rings (SSSR count). The number of para-hydroxylation sites is 1. The fraction of sp³-hybridized carbons (Fsp3) is 0.0800. The van der Waals surface area contributed by atoms with Crippen molar-refractivity contribution < 1.29 is 4.74 Å². The Morgan fingerprint density at radius 3 is 1.84 bits per heavy atom. The lowest BCUT2D eigenvalue weighted by molar-refractivity contribution is 0.464. The van der Waals surface area contributed by atoms with Gasteiger partial charge in [-0.2, -0.15) is 4.98 Å². The van der Waals surface area contributed by atoms with Crippen LogP contribution in [-0.2, 0) is 13.1 Å². The quantitative estimate of drug-likeness (QED) is 0.416. The molecule has 0 atom stereocenters. The minimum atomic E-state index is -0.152. The first-order valence-electron chi connectivity index (χ1n) is 10.0. The second-order valence-electron chi connectivity index (χ2n) is 7.19. The Balaban J connectivity index is 1.68. The van der Waals surface area contributed by atoms with Gasteiger partial charge in [0.05, 0.1) is 13.1 Å². The molecule has 0 amide bonds. The molecule has 0 aliphatic heterocycles. The molecule has 3 aromatic carbocycles. The molecule has 0 radical (unpaired) electrons. The number of benzene rings is 3. The van der Waals surface area contributed by atoms with E-state index >= 15 is 0 Å². The molecule has 0 saturated carbocycles. The van der Waals surface area contributed by atoms with Crippen LogP contribution in [0.15, 0.2) is 102 Å². The fourth-order valence-corrected chi connectivity index (χ4v) is 3.62. The summed E-state index contributed by atoms with van der Waals surface area (Å²) in [5, 5.41) is 0. The molecule has 152 valence electrons. The Labute approximate surface area is 179 Å². The van der Waals surface area contributed by atoms with E-state index in [0.717, 1.165) is 11.1 Å². The molecule has 0 fully saturated rings. The molecule has 0 bridgehead atoms. The van der Waals surface area contributed by atoms with Gasteiger partial charge >= 0.3 is 5.69 Å². The predicted molar refractivity (Wildman–Crippen MR) is 119 cm³/mol. The molecule has 0 N–H and O–H groups in total. The zero-order valence-electron chi connectivity index (χ0n) is 16.8. The van der Waals surface area contributed by atoms with Gasteiger partial charge in [-0.3, -0.25) is 9.13 Å². The summed E-state index contributed by atoms with van der Waals surface area (Å²) in [6, 6.07) is 29.2. The van der Waals surface area contributed by atoms with Crippen molar-refractivity contribution in [2.45, 2.75) is 13.1 Å². The van der Waals surface area contributed by atoms with Gasteiger partial charge in [0, 0.05) is 0 Å². The second kappa shape index (κ2) is 8.28. The first kappa shape index (κ1) is 18.8. The average Bonchev–Trinajstić information content (AvgIpc) is 3.08. The van der Waals surface area contributed by atoms with E-state index in [-0.39, 0.29) is 5.69 Å². The van der Waals surface area contributed by atoms with Crippen molar-refractivity contribution in [2.75, 3.05) is 0 Å². The molecule has 6 nitrogen and oxygen atoms in total. The van der Waals surface area contributed by atoms with Crippen LogP contribution in [0.1, 0.15) is 11.1 Å². The molecule has 2 aromatic heterocycles. The molecule has 0 saturated heterocycles. The van der Waals surface area contributed by atoms with Crippen LogP contribution in [0.5, 0.6) is 11.6 Å². The van der Waals surface area contributed by atoms with Crippen molar-refractivity contribution in [1.82, 2.24) is 19.1 Å². The van der Waals surface area contributed by atoms with E-state index in [1.54, 1.807) is 9.13 Å². The van der Waals surface area contributed by atoms with Crippen molar-refractivity contribution in [3.05, 3.63) is 119 Å². The minimum Gasteiger partial charge on any atom is -0.437 e. The highest BCUT2D eigenvalue weighted by atomic mass is 16.5. The van der Waals surface area contributed by atoms with Crippen molar-refractivity contribution in [2.24, 2.45) is 0 Å². The van der Waals surface area contributed by atoms with Crippen LogP contribution in [0.4, 0.5) is 0 Å². The number of nitrogens with zero attached hydrogens (tertiary/aromatic N) is 4.